The second-order valence-corrected chi connectivity index (χ2v) is 4.81. The standard InChI is InChI=1S/C15H21N3O2/c1-2-16-8-9-17-15(20)12-5-3-6-13(11-12)18-10-4-7-14(18)19/h3,5-6,11,16H,2,4,7-10H2,1H3,(H,17,20). The van der Waals surface area contributed by atoms with E-state index in [4.69, 9.17) is 0 Å². The molecule has 0 saturated carbocycles. The Morgan fingerprint density at radius 3 is 2.90 bits per heavy atom. The van der Waals surface area contributed by atoms with Crippen molar-refractivity contribution in [2.24, 2.45) is 0 Å². The Hall–Kier alpha value is -1.88. The van der Waals surface area contributed by atoms with Crippen LogP contribution in [-0.2, 0) is 4.79 Å². The summed E-state index contributed by atoms with van der Waals surface area (Å²) in [6, 6.07) is 7.25. The zero-order valence-corrected chi connectivity index (χ0v) is 11.8. The highest BCUT2D eigenvalue weighted by molar-refractivity contribution is 5.99. The maximum Gasteiger partial charge on any atom is 0.251 e. The van der Waals surface area contributed by atoms with E-state index in [1.165, 1.54) is 0 Å². The molecule has 1 aliphatic heterocycles. The summed E-state index contributed by atoms with van der Waals surface area (Å²) in [4.78, 5) is 25.5. The minimum Gasteiger partial charge on any atom is -0.351 e. The molecule has 2 amide bonds. The molecule has 0 radical (unpaired) electrons. The first kappa shape index (κ1) is 14.5. The van der Waals surface area contributed by atoms with Crippen LogP contribution in [0.2, 0.25) is 0 Å². The monoisotopic (exact) mass is 275 g/mol. The number of benzene rings is 1. The summed E-state index contributed by atoms with van der Waals surface area (Å²) >= 11 is 0. The second kappa shape index (κ2) is 7.05. The third-order valence-electron chi connectivity index (χ3n) is 3.33. The molecule has 5 nitrogen and oxygen atoms in total. The van der Waals surface area contributed by atoms with Gasteiger partial charge in [-0.1, -0.05) is 13.0 Å². The van der Waals surface area contributed by atoms with Crippen LogP contribution < -0.4 is 15.5 Å². The summed E-state index contributed by atoms with van der Waals surface area (Å²) in [5.41, 5.74) is 1.41. The Bertz CT molecular complexity index is 488. The molecule has 2 rings (SSSR count). The molecule has 0 aromatic heterocycles. The number of likely N-dealkylation sites (N-methyl/N-ethyl adjacent to an activating group) is 1. The molecule has 20 heavy (non-hydrogen) atoms. The van der Waals surface area contributed by atoms with Gasteiger partial charge >= 0.3 is 0 Å². The van der Waals surface area contributed by atoms with Gasteiger partial charge in [0.2, 0.25) is 5.91 Å². The van der Waals surface area contributed by atoms with E-state index in [2.05, 4.69) is 10.6 Å². The maximum absolute atomic E-state index is 12.0. The Morgan fingerprint density at radius 2 is 2.20 bits per heavy atom. The molecular weight excluding hydrogens is 254 g/mol. The first-order chi connectivity index (χ1) is 9.72. The molecule has 1 aromatic carbocycles. The van der Waals surface area contributed by atoms with Crippen LogP contribution in [0.1, 0.15) is 30.1 Å². The van der Waals surface area contributed by atoms with Crippen LogP contribution in [0.4, 0.5) is 5.69 Å². The zero-order chi connectivity index (χ0) is 14.4. The maximum atomic E-state index is 12.0. The zero-order valence-electron chi connectivity index (χ0n) is 11.8. The molecule has 1 saturated heterocycles. The summed E-state index contributed by atoms with van der Waals surface area (Å²) in [6.45, 7) is 5.01. The van der Waals surface area contributed by atoms with Crippen molar-refractivity contribution >= 4 is 17.5 Å². The fourth-order valence-corrected chi connectivity index (χ4v) is 2.28. The molecule has 0 aliphatic carbocycles. The Morgan fingerprint density at radius 1 is 1.35 bits per heavy atom. The fourth-order valence-electron chi connectivity index (χ4n) is 2.28. The van der Waals surface area contributed by atoms with Gasteiger partial charge in [0, 0.05) is 37.3 Å². The van der Waals surface area contributed by atoms with Crippen molar-refractivity contribution in [1.29, 1.82) is 0 Å². The molecule has 0 spiro atoms. The summed E-state index contributed by atoms with van der Waals surface area (Å²) < 4.78 is 0. The van der Waals surface area contributed by atoms with E-state index in [-0.39, 0.29) is 11.8 Å². The number of amides is 2. The number of nitrogens with one attached hydrogen (secondary N) is 2. The highest BCUT2D eigenvalue weighted by atomic mass is 16.2. The van der Waals surface area contributed by atoms with Gasteiger partial charge in [-0.15, -0.1) is 0 Å². The number of anilines is 1. The average Bonchev–Trinajstić information content (AvgIpc) is 2.90. The third kappa shape index (κ3) is 3.57. The van der Waals surface area contributed by atoms with Gasteiger partial charge < -0.3 is 15.5 Å². The van der Waals surface area contributed by atoms with Gasteiger partial charge in [-0.25, -0.2) is 0 Å². The highest BCUT2D eigenvalue weighted by Gasteiger charge is 2.22. The van der Waals surface area contributed by atoms with E-state index < -0.39 is 0 Å². The second-order valence-electron chi connectivity index (χ2n) is 4.81. The minimum absolute atomic E-state index is 0.101. The van der Waals surface area contributed by atoms with Crippen molar-refractivity contribution in [2.45, 2.75) is 19.8 Å². The molecule has 108 valence electrons. The van der Waals surface area contributed by atoms with Crippen LogP contribution in [-0.4, -0.2) is 38.0 Å². The van der Waals surface area contributed by atoms with E-state index in [9.17, 15) is 9.59 Å². The Labute approximate surface area is 119 Å². The molecule has 0 bridgehead atoms. The topological polar surface area (TPSA) is 61.4 Å². The van der Waals surface area contributed by atoms with E-state index in [0.717, 1.165) is 31.7 Å². The lowest BCUT2D eigenvalue weighted by atomic mass is 10.1. The molecule has 1 heterocycles. The van der Waals surface area contributed by atoms with Crippen molar-refractivity contribution in [3.05, 3.63) is 29.8 Å². The predicted octanol–water partition coefficient (Wildman–Crippen LogP) is 1.15. The van der Waals surface area contributed by atoms with Gasteiger partial charge in [0.1, 0.15) is 0 Å². The number of rotatable bonds is 6. The van der Waals surface area contributed by atoms with Gasteiger partial charge in [-0.3, -0.25) is 9.59 Å². The SMILES string of the molecule is CCNCCNC(=O)c1cccc(N2CCCC2=O)c1. The first-order valence-electron chi connectivity index (χ1n) is 7.11. The Balaban J connectivity index is 1.98. The van der Waals surface area contributed by atoms with Crippen LogP contribution in [0.3, 0.4) is 0 Å². The fraction of sp³-hybridized carbons (Fsp3) is 0.467. The van der Waals surface area contributed by atoms with Gasteiger partial charge in [0.05, 0.1) is 0 Å². The van der Waals surface area contributed by atoms with Crippen molar-refractivity contribution in [2.75, 3.05) is 31.1 Å². The number of nitrogens with zero attached hydrogens (tertiary/aromatic N) is 1. The lowest BCUT2D eigenvalue weighted by molar-refractivity contribution is -0.117. The lowest BCUT2D eigenvalue weighted by Crippen LogP contribution is -2.32. The van der Waals surface area contributed by atoms with E-state index >= 15 is 0 Å². The van der Waals surface area contributed by atoms with Crippen LogP contribution >= 0.6 is 0 Å². The molecular formula is C15H21N3O2. The molecule has 1 aliphatic rings. The molecule has 1 aromatic rings. The van der Waals surface area contributed by atoms with Crippen LogP contribution in [0, 0.1) is 0 Å². The van der Waals surface area contributed by atoms with Crippen LogP contribution in [0.15, 0.2) is 24.3 Å². The van der Waals surface area contributed by atoms with Crippen LogP contribution in [0.25, 0.3) is 0 Å². The average molecular weight is 275 g/mol. The number of carbonyl (C=O) groups is 2. The summed E-state index contributed by atoms with van der Waals surface area (Å²) in [6.07, 6.45) is 1.48. The van der Waals surface area contributed by atoms with Gasteiger partial charge in [-0.2, -0.15) is 0 Å². The van der Waals surface area contributed by atoms with Crippen LogP contribution in [0.5, 0.6) is 0 Å². The van der Waals surface area contributed by atoms with Crippen molar-refractivity contribution in [3.63, 3.8) is 0 Å². The number of carbonyl (C=O) groups excluding carboxylic acids is 2. The summed E-state index contributed by atoms with van der Waals surface area (Å²) in [7, 11) is 0. The van der Waals surface area contributed by atoms with Gasteiger partial charge in [-0.05, 0) is 31.2 Å². The van der Waals surface area contributed by atoms with E-state index in [1.54, 1.807) is 17.0 Å². The van der Waals surface area contributed by atoms with Crippen molar-refractivity contribution in [1.82, 2.24) is 10.6 Å². The van der Waals surface area contributed by atoms with E-state index in [0.29, 0.717) is 18.5 Å². The smallest absolute Gasteiger partial charge is 0.251 e. The predicted molar refractivity (Wildman–Crippen MR) is 78.9 cm³/mol. The van der Waals surface area contributed by atoms with E-state index in [1.807, 2.05) is 19.1 Å². The largest absolute Gasteiger partial charge is 0.351 e. The first-order valence-corrected chi connectivity index (χ1v) is 7.11. The van der Waals surface area contributed by atoms with Gasteiger partial charge in [0.25, 0.3) is 5.91 Å². The number of hydrogen-bond acceptors (Lipinski definition) is 3. The minimum atomic E-state index is -0.101. The Kier molecular flexibility index (Phi) is 5.12. The van der Waals surface area contributed by atoms with Gasteiger partial charge in [0.15, 0.2) is 0 Å². The summed E-state index contributed by atoms with van der Waals surface area (Å²) in [5.74, 6) is 0.0334. The van der Waals surface area contributed by atoms with Crippen molar-refractivity contribution in [3.8, 4) is 0 Å². The molecule has 2 N–H and O–H groups in total. The summed E-state index contributed by atoms with van der Waals surface area (Å²) in [5, 5.41) is 6.01. The third-order valence-corrected chi connectivity index (χ3v) is 3.33. The molecule has 0 unspecified atom stereocenters. The normalized spacial score (nSPS) is 14.7. The van der Waals surface area contributed by atoms with Crippen molar-refractivity contribution < 1.29 is 9.59 Å². The highest BCUT2D eigenvalue weighted by Crippen LogP contribution is 2.22. The molecule has 0 atom stereocenters. The number of hydrogen-bond donors (Lipinski definition) is 2. The quantitative estimate of drug-likeness (QED) is 0.766. The molecule has 5 heteroatoms. The molecule has 1 fully saturated rings. The lowest BCUT2D eigenvalue weighted by Gasteiger charge is -2.16.